The molecule has 1 saturated carbocycles. The third-order valence-corrected chi connectivity index (χ3v) is 6.91. The molecule has 1 atom stereocenters. The predicted octanol–water partition coefficient (Wildman–Crippen LogP) is 4.64. The van der Waals surface area contributed by atoms with E-state index < -0.39 is 0 Å². The van der Waals surface area contributed by atoms with Crippen LogP contribution >= 0.6 is 0 Å². The Labute approximate surface area is 174 Å². The molecular weight excluding hydrogens is 360 g/mol. The van der Waals surface area contributed by atoms with Gasteiger partial charge < -0.3 is 14.8 Å². The van der Waals surface area contributed by atoms with E-state index in [1.54, 1.807) is 0 Å². The summed E-state index contributed by atoms with van der Waals surface area (Å²) in [7, 11) is 0. The summed E-state index contributed by atoms with van der Waals surface area (Å²) in [6.07, 6.45) is 8.31. The molecule has 2 aliphatic rings. The molecule has 1 saturated heterocycles. The largest absolute Gasteiger partial charge is 0.340 e. The molecule has 1 aromatic carbocycles. The van der Waals surface area contributed by atoms with Gasteiger partial charge in [0.05, 0.1) is 17.9 Å². The van der Waals surface area contributed by atoms with Crippen molar-refractivity contribution < 1.29 is 4.79 Å². The van der Waals surface area contributed by atoms with Crippen LogP contribution in [-0.4, -0.2) is 51.4 Å². The van der Waals surface area contributed by atoms with Crippen molar-refractivity contribution in [2.45, 2.75) is 64.5 Å². The Morgan fingerprint density at radius 2 is 1.83 bits per heavy atom. The Kier molecular flexibility index (Phi) is 6.34. The van der Waals surface area contributed by atoms with Crippen molar-refractivity contribution in [3.05, 3.63) is 42.4 Å². The maximum absolute atomic E-state index is 13.3. The first-order valence-electron chi connectivity index (χ1n) is 11.4. The van der Waals surface area contributed by atoms with Gasteiger partial charge in [-0.3, -0.25) is 4.79 Å². The quantitative estimate of drug-likeness (QED) is 0.776. The number of carbonyl (C=O) groups excluding carboxylic acids is 1. The van der Waals surface area contributed by atoms with E-state index in [0.717, 1.165) is 75.2 Å². The van der Waals surface area contributed by atoms with Crippen molar-refractivity contribution in [1.29, 1.82) is 0 Å². The summed E-state index contributed by atoms with van der Waals surface area (Å²) in [5, 5.41) is 0. The molecule has 156 valence electrons. The number of imidazole rings is 1. The van der Waals surface area contributed by atoms with Crippen LogP contribution in [0.4, 0.5) is 0 Å². The lowest BCUT2D eigenvalue weighted by atomic mass is 9.84. The lowest BCUT2D eigenvalue weighted by molar-refractivity contribution is -0.138. The van der Waals surface area contributed by atoms with Gasteiger partial charge in [0.2, 0.25) is 5.91 Å². The van der Waals surface area contributed by atoms with Gasteiger partial charge in [-0.25, -0.2) is 4.98 Å². The van der Waals surface area contributed by atoms with Crippen molar-refractivity contribution in [3.8, 4) is 11.3 Å². The fraction of sp³-hybridized carbons (Fsp3) is 0.583. The number of hydrogen-bond acceptors (Lipinski definition) is 3. The highest BCUT2D eigenvalue weighted by molar-refractivity contribution is 5.79. The van der Waals surface area contributed by atoms with E-state index in [2.05, 4.69) is 45.7 Å². The van der Waals surface area contributed by atoms with E-state index in [-0.39, 0.29) is 12.0 Å². The van der Waals surface area contributed by atoms with E-state index in [0.29, 0.717) is 11.9 Å². The number of benzene rings is 1. The fourth-order valence-electron chi connectivity index (χ4n) is 5.25. The number of nitrogens with one attached hydrogen (secondary N) is 1. The average Bonchev–Trinajstić information content (AvgIpc) is 3.45. The second-order valence-electron chi connectivity index (χ2n) is 8.46. The molecule has 1 aliphatic carbocycles. The average molecular weight is 395 g/mol. The first kappa shape index (κ1) is 20.1. The van der Waals surface area contributed by atoms with E-state index in [4.69, 9.17) is 0 Å². The van der Waals surface area contributed by atoms with Gasteiger partial charge in [0.1, 0.15) is 5.82 Å². The molecular formula is C24H34N4O. The van der Waals surface area contributed by atoms with Gasteiger partial charge in [-0.2, -0.15) is 0 Å². The standard InChI is InChI=1S/C24H34N4O/c1-3-27(4-2)20-14-12-19(13-15-20)24(29)28-16-8-11-22(28)23-25-17-21(26-23)18-9-6-5-7-10-18/h5-7,9-10,17,19-20,22H,3-4,8,11-16H2,1-2H3,(H,25,26)/t19-,20+,22-/m0/s1. The number of amides is 1. The Bertz CT molecular complexity index is 790. The van der Waals surface area contributed by atoms with E-state index >= 15 is 0 Å². The molecule has 2 heterocycles. The van der Waals surface area contributed by atoms with E-state index in [1.807, 2.05) is 24.4 Å². The number of nitrogens with zero attached hydrogens (tertiary/aromatic N) is 3. The van der Waals surface area contributed by atoms with Crippen molar-refractivity contribution in [2.75, 3.05) is 19.6 Å². The maximum Gasteiger partial charge on any atom is 0.226 e. The van der Waals surface area contributed by atoms with E-state index in [1.165, 1.54) is 0 Å². The number of likely N-dealkylation sites (tertiary alicyclic amines) is 1. The van der Waals surface area contributed by atoms with Gasteiger partial charge in [0.25, 0.3) is 0 Å². The number of H-pyrrole nitrogens is 1. The van der Waals surface area contributed by atoms with Crippen LogP contribution in [-0.2, 0) is 4.79 Å². The minimum absolute atomic E-state index is 0.0977. The van der Waals surface area contributed by atoms with Gasteiger partial charge in [-0.1, -0.05) is 44.2 Å². The van der Waals surface area contributed by atoms with E-state index in [9.17, 15) is 4.79 Å². The number of carbonyl (C=O) groups is 1. The van der Waals surface area contributed by atoms with Gasteiger partial charge in [0.15, 0.2) is 0 Å². The zero-order valence-electron chi connectivity index (χ0n) is 17.8. The molecule has 0 spiro atoms. The summed E-state index contributed by atoms with van der Waals surface area (Å²) < 4.78 is 0. The fourth-order valence-corrected chi connectivity index (χ4v) is 5.25. The molecule has 1 N–H and O–H groups in total. The Morgan fingerprint density at radius 1 is 1.10 bits per heavy atom. The van der Waals surface area contributed by atoms with Crippen molar-refractivity contribution >= 4 is 5.91 Å². The maximum atomic E-state index is 13.3. The molecule has 2 fully saturated rings. The van der Waals surface area contributed by atoms with Crippen LogP contribution in [0.25, 0.3) is 11.3 Å². The molecule has 0 radical (unpaired) electrons. The molecule has 1 aliphatic heterocycles. The monoisotopic (exact) mass is 394 g/mol. The van der Waals surface area contributed by atoms with Crippen LogP contribution in [0, 0.1) is 5.92 Å². The molecule has 5 heteroatoms. The summed E-state index contributed by atoms with van der Waals surface area (Å²) in [4.78, 5) is 26.1. The summed E-state index contributed by atoms with van der Waals surface area (Å²) in [6, 6.07) is 11.0. The van der Waals surface area contributed by atoms with Crippen LogP contribution < -0.4 is 0 Å². The second kappa shape index (κ2) is 9.12. The number of aromatic amines is 1. The molecule has 1 amide bonds. The zero-order chi connectivity index (χ0) is 20.2. The highest BCUT2D eigenvalue weighted by Crippen LogP contribution is 2.36. The summed E-state index contributed by atoms with van der Waals surface area (Å²) >= 11 is 0. The number of hydrogen-bond donors (Lipinski definition) is 1. The highest BCUT2D eigenvalue weighted by atomic mass is 16.2. The SMILES string of the molecule is CCN(CC)[C@H]1CC[C@@H](C(=O)N2CCC[C@H]2c2ncc(-c3ccccc3)[nH]2)CC1. The van der Waals surface area contributed by atoms with Crippen molar-refractivity contribution in [3.63, 3.8) is 0 Å². The molecule has 1 aromatic heterocycles. The van der Waals surface area contributed by atoms with Gasteiger partial charge in [0, 0.05) is 18.5 Å². The second-order valence-corrected chi connectivity index (χ2v) is 8.46. The predicted molar refractivity (Wildman–Crippen MR) is 116 cm³/mol. The smallest absolute Gasteiger partial charge is 0.226 e. The summed E-state index contributed by atoms with van der Waals surface area (Å²) in [5.41, 5.74) is 2.16. The molecule has 4 rings (SSSR count). The molecule has 0 bridgehead atoms. The van der Waals surface area contributed by atoms with Gasteiger partial charge >= 0.3 is 0 Å². The minimum atomic E-state index is 0.0977. The number of aromatic nitrogens is 2. The minimum Gasteiger partial charge on any atom is -0.340 e. The van der Waals surface area contributed by atoms with Crippen LogP contribution in [0.15, 0.2) is 36.5 Å². The third-order valence-electron chi connectivity index (χ3n) is 6.91. The molecule has 0 unspecified atom stereocenters. The van der Waals surface area contributed by atoms with Gasteiger partial charge in [-0.15, -0.1) is 0 Å². The number of rotatable bonds is 6. The first-order valence-corrected chi connectivity index (χ1v) is 11.4. The van der Waals surface area contributed by atoms with Gasteiger partial charge in [-0.05, 0) is 57.2 Å². The molecule has 2 aromatic rings. The highest BCUT2D eigenvalue weighted by Gasteiger charge is 2.37. The summed E-state index contributed by atoms with van der Waals surface area (Å²) in [5.74, 6) is 1.47. The first-order chi connectivity index (χ1) is 14.2. The Morgan fingerprint density at radius 3 is 2.52 bits per heavy atom. The summed E-state index contributed by atoms with van der Waals surface area (Å²) in [6.45, 7) is 7.55. The van der Waals surface area contributed by atoms with Crippen molar-refractivity contribution in [2.24, 2.45) is 5.92 Å². The lowest BCUT2D eigenvalue weighted by Crippen LogP contribution is -2.42. The topological polar surface area (TPSA) is 52.2 Å². The van der Waals surface area contributed by atoms with Crippen LogP contribution in [0.5, 0.6) is 0 Å². The van der Waals surface area contributed by atoms with Crippen LogP contribution in [0.3, 0.4) is 0 Å². The Balaban J connectivity index is 1.41. The Hall–Kier alpha value is -2.14. The molecule has 29 heavy (non-hydrogen) atoms. The zero-order valence-corrected chi connectivity index (χ0v) is 17.8. The molecule has 5 nitrogen and oxygen atoms in total. The van der Waals surface area contributed by atoms with Crippen LogP contribution in [0.2, 0.25) is 0 Å². The normalized spacial score (nSPS) is 24.9. The van der Waals surface area contributed by atoms with Crippen LogP contribution in [0.1, 0.15) is 64.2 Å². The van der Waals surface area contributed by atoms with Crippen molar-refractivity contribution in [1.82, 2.24) is 19.8 Å². The lowest BCUT2D eigenvalue weighted by Gasteiger charge is -2.37. The third kappa shape index (κ3) is 4.25.